The molecule has 0 saturated carbocycles. The molecular weight excluding hydrogens is 327 g/mol. The van der Waals surface area contributed by atoms with E-state index in [9.17, 15) is 19.7 Å². The Hall–Kier alpha value is -1.90. The number of aliphatic hydroxyl groups excluding tert-OH is 1. The normalized spacial score (nSPS) is 11.8. The summed E-state index contributed by atoms with van der Waals surface area (Å²) in [5, 5.41) is 30.2. The molecule has 0 heterocycles. The topological polar surface area (TPSA) is 130 Å². The van der Waals surface area contributed by atoms with Gasteiger partial charge in [-0.05, 0) is 0 Å². The number of nitrogens with zero attached hydrogens (tertiary/aromatic N) is 1. The number of carbonyl (C=O) groups excluding carboxylic acids is 1. The van der Waals surface area contributed by atoms with E-state index in [1.165, 1.54) is 0 Å². The number of carboxylic acids is 1. The Morgan fingerprint density at radius 2 is 2.00 bits per heavy atom. The molecule has 0 bridgehead atoms. The Morgan fingerprint density at radius 1 is 1.38 bits per heavy atom. The Kier molecular flexibility index (Phi) is 5.89. The number of nitrogens with one attached hydrogen (secondary N) is 1. The lowest BCUT2D eigenvalue weighted by Crippen LogP contribution is -2.30. The third-order valence-corrected chi connectivity index (χ3v) is 3.26. The van der Waals surface area contributed by atoms with E-state index in [1.807, 2.05) is 0 Å². The first-order valence-corrected chi connectivity index (χ1v) is 6.32. The molecule has 1 atom stereocenters. The Labute approximate surface area is 128 Å². The molecule has 0 aliphatic heterocycles. The minimum atomic E-state index is -1.62. The average molecular weight is 337 g/mol. The highest BCUT2D eigenvalue weighted by atomic mass is 35.5. The van der Waals surface area contributed by atoms with E-state index >= 15 is 0 Å². The molecule has 3 N–H and O–H groups in total. The van der Waals surface area contributed by atoms with Crippen molar-refractivity contribution < 1.29 is 24.7 Å². The maximum absolute atomic E-state index is 11.8. The number of aliphatic hydroxyl groups is 1. The van der Waals surface area contributed by atoms with Gasteiger partial charge in [0.05, 0.1) is 20.5 Å². The predicted molar refractivity (Wildman–Crippen MR) is 73.7 cm³/mol. The number of rotatable bonds is 6. The summed E-state index contributed by atoms with van der Waals surface area (Å²) in [4.78, 5) is 32.2. The maximum Gasteiger partial charge on any atom is 0.332 e. The van der Waals surface area contributed by atoms with Crippen molar-refractivity contribution in [3.8, 4) is 0 Å². The molecule has 1 rings (SSSR count). The van der Waals surface area contributed by atoms with Crippen LogP contribution in [0.3, 0.4) is 0 Å². The molecule has 0 aromatic heterocycles. The molecule has 0 aliphatic rings. The molecule has 1 amide bonds. The van der Waals surface area contributed by atoms with Crippen LogP contribution < -0.4 is 5.32 Å². The Morgan fingerprint density at radius 3 is 2.52 bits per heavy atom. The van der Waals surface area contributed by atoms with Gasteiger partial charge in [-0.15, -0.1) is 0 Å². The SMILES string of the molecule is O=C(NCC[C@H](O)C(=O)O)c1cc([N+](=O)[O-])cc(Cl)c1Cl. The fraction of sp³-hybridized carbons (Fsp3) is 0.273. The zero-order chi connectivity index (χ0) is 16.2. The van der Waals surface area contributed by atoms with Gasteiger partial charge in [0.1, 0.15) is 0 Å². The van der Waals surface area contributed by atoms with Gasteiger partial charge in [0.25, 0.3) is 11.6 Å². The summed E-state index contributed by atoms with van der Waals surface area (Å²) in [6, 6.07) is 1.96. The van der Waals surface area contributed by atoms with E-state index in [2.05, 4.69) is 5.32 Å². The molecule has 10 heteroatoms. The van der Waals surface area contributed by atoms with Gasteiger partial charge in [-0.2, -0.15) is 0 Å². The van der Waals surface area contributed by atoms with E-state index in [1.54, 1.807) is 0 Å². The van der Waals surface area contributed by atoms with Gasteiger partial charge in [0.15, 0.2) is 6.10 Å². The van der Waals surface area contributed by atoms with Crippen LogP contribution in [0.15, 0.2) is 12.1 Å². The van der Waals surface area contributed by atoms with Crippen molar-refractivity contribution >= 4 is 40.8 Å². The second-order valence-electron chi connectivity index (χ2n) is 3.94. The molecule has 0 unspecified atom stereocenters. The number of carboxylic acid groups (broad SMARTS) is 1. The smallest absolute Gasteiger partial charge is 0.332 e. The second-order valence-corrected chi connectivity index (χ2v) is 4.73. The minimum Gasteiger partial charge on any atom is -0.479 e. The monoisotopic (exact) mass is 336 g/mol. The maximum atomic E-state index is 11.8. The molecule has 0 saturated heterocycles. The molecular formula is C11H10Cl2N2O6. The van der Waals surface area contributed by atoms with Gasteiger partial charge in [-0.25, -0.2) is 4.79 Å². The van der Waals surface area contributed by atoms with Crippen LogP contribution in [0.5, 0.6) is 0 Å². The third kappa shape index (κ3) is 4.55. The lowest BCUT2D eigenvalue weighted by molar-refractivity contribution is -0.384. The van der Waals surface area contributed by atoms with Gasteiger partial charge in [0, 0.05) is 25.1 Å². The van der Waals surface area contributed by atoms with Crippen LogP contribution in [0.2, 0.25) is 10.0 Å². The van der Waals surface area contributed by atoms with Crippen LogP contribution in [0.4, 0.5) is 5.69 Å². The van der Waals surface area contributed by atoms with E-state index in [0.717, 1.165) is 12.1 Å². The van der Waals surface area contributed by atoms with Gasteiger partial charge in [-0.3, -0.25) is 14.9 Å². The minimum absolute atomic E-state index is 0.150. The summed E-state index contributed by atoms with van der Waals surface area (Å²) >= 11 is 11.5. The molecule has 0 spiro atoms. The van der Waals surface area contributed by atoms with Crippen molar-refractivity contribution in [2.75, 3.05) is 6.54 Å². The van der Waals surface area contributed by atoms with E-state index in [0.29, 0.717) is 0 Å². The number of hydrogen-bond acceptors (Lipinski definition) is 5. The van der Waals surface area contributed by atoms with Crippen LogP contribution in [-0.4, -0.2) is 39.7 Å². The molecule has 0 aliphatic carbocycles. The molecule has 8 nitrogen and oxygen atoms in total. The largest absolute Gasteiger partial charge is 0.479 e. The number of aliphatic carboxylic acids is 1. The van der Waals surface area contributed by atoms with Crippen molar-refractivity contribution in [3.63, 3.8) is 0 Å². The van der Waals surface area contributed by atoms with Crippen molar-refractivity contribution in [1.29, 1.82) is 0 Å². The molecule has 0 fully saturated rings. The molecule has 114 valence electrons. The van der Waals surface area contributed by atoms with Crippen molar-refractivity contribution in [3.05, 3.63) is 37.9 Å². The van der Waals surface area contributed by atoms with Gasteiger partial charge in [-0.1, -0.05) is 23.2 Å². The summed E-state index contributed by atoms with van der Waals surface area (Å²) in [7, 11) is 0. The fourth-order valence-corrected chi connectivity index (χ4v) is 1.80. The van der Waals surface area contributed by atoms with Crippen LogP contribution in [0, 0.1) is 10.1 Å². The average Bonchev–Trinajstić information content (AvgIpc) is 2.40. The van der Waals surface area contributed by atoms with Gasteiger partial charge >= 0.3 is 5.97 Å². The zero-order valence-electron chi connectivity index (χ0n) is 10.4. The van der Waals surface area contributed by atoms with E-state index < -0.39 is 28.6 Å². The first-order chi connectivity index (χ1) is 9.73. The van der Waals surface area contributed by atoms with Crippen LogP contribution in [0.25, 0.3) is 0 Å². The quantitative estimate of drug-likeness (QED) is 0.532. The second kappa shape index (κ2) is 7.21. The van der Waals surface area contributed by atoms with Crippen molar-refractivity contribution in [2.45, 2.75) is 12.5 Å². The number of carbonyl (C=O) groups is 2. The Bertz CT molecular complexity index is 592. The first-order valence-electron chi connectivity index (χ1n) is 5.56. The van der Waals surface area contributed by atoms with Crippen molar-refractivity contribution in [1.82, 2.24) is 5.32 Å². The van der Waals surface area contributed by atoms with E-state index in [-0.39, 0.29) is 28.6 Å². The number of halogens is 2. The molecule has 1 aromatic carbocycles. The van der Waals surface area contributed by atoms with E-state index in [4.69, 9.17) is 33.4 Å². The van der Waals surface area contributed by atoms with Crippen LogP contribution >= 0.6 is 23.2 Å². The highest BCUT2D eigenvalue weighted by Gasteiger charge is 2.20. The summed E-state index contributed by atoms with van der Waals surface area (Å²) < 4.78 is 0. The molecule has 0 radical (unpaired) electrons. The molecule has 1 aromatic rings. The number of nitro groups is 1. The third-order valence-electron chi connectivity index (χ3n) is 2.46. The number of non-ortho nitro benzene ring substituents is 1. The fourth-order valence-electron chi connectivity index (χ4n) is 1.39. The summed E-state index contributed by atoms with van der Waals surface area (Å²) in [6.45, 7) is -0.150. The highest BCUT2D eigenvalue weighted by molar-refractivity contribution is 6.44. The lowest BCUT2D eigenvalue weighted by atomic mass is 10.1. The van der Waals surface area contributed by atoms with Crippen LogP contribution in [-0.2, 0) is 4.79 Å². The number of amides is 1. The number of benzene rings is 1. The standard InChI is InChI=1S/C11H10Cl2N2O6/c12-7-4-5(15(20)21)3-6(9(7)13)10(17)14-2-1-8(16)11(18)19/h3-4,8,16H,1-2H2,(H,14,17)(H,18,19)/t8-/m0/s1. The summed E-state index contributed by atoms with van der Waals surface area (Å²) in [6.07, 6.45) is -1.84. The van der Waals surface area contributed by atoms with Gasteiger partial charge in [0.2, 0.25) is 0 Å². The summed E-state index contributed by atoms with van der Waals surface area (Å²) in [5.74, 6) is -2.18. The number of hydrogen-bond donors (Lipinski definition) is 3. The van der Waals surface area contributed by atoms with Crippen LogP contribution in [0.1, 0.15) is 16.8 Å². The summed E-state index contributed by atoms with van der Waals surface area (Å²) in [5.41, 5.74) is -0.610. The lowest BCUT2D eigenvalue weighted by Gasteiger charge is -2.09. The molecule has 21 heavy (non-hydrogen) atoms. The zero-order valence-corrected chi connectivity index (χ0v) is 11.9. The first kappa shape index (κ1) is 17.2. The Balaban J connectivity index is 2.83. The van der Waals surface area contributed by atoms with Crippen molar-refractivity contribution in [2.24, 2.45) is 0 Å². The predicted octanol–water partition coefficient (Wildman–Crippen LogP) is 1.47. The highest BCUT2D eigenvalue weighted by Crippen LogP contribution is 2.30. The van der Waals surface area contributed by atoms with Gasteiger partial charge < -0.3 is 15.5 Å². The number of nitro benzene ring substituents is 1.